The molecule has 0 bridgehead atoms. The van der Waals surface area contributed by atoms with Gasteiger partial charge in [0, 0.05) is 5.54 Å². The lowest BCUT2D eigenvalue weighted by molar-refractivity contribution is 0.409. The molecule has 0 aliphatic carbocycles. The van der Waals surface area contributed by atoms with Crippen LogP contribution in [-0.2, 0) is 0 Å². The summed E-state index contributed by atoms with van der Waals surface area (Å²) < 4.78 is 25.8. The zero-order chi connectivity index (χ0) is 13.2. The van der Waals surface area contributed by atoms with E-state index in [0.717, 1.165) is 6.07 Å². The lowest BCUT2D eigenvalue weighted by atomic mass is 10.1. The monoisotopic (exact) mass is 260 g/mol. The fourth-order valence-corrected chi connectivity index (χ4v) is 1.55. The molecule has 0 amide bonds. The van der Waals surface area contributed by atoms with E-state index >= 15 is 0 Å². The highest BCUT2D eigenvalue weighted by Gasteiger charge is 2.15. The Morgan fingerprint density at radius 1 is 1.29 bits per heavy atom. The van der Waals surface area contributed by atoms with Crippen molar-refractivity contribution in [1.82, 2.24) is 5.32 Å². The third-order valence-electron chi connectivity index (χ3n) is 1.81. The summed E-state index contributed by atoms with van der Waals surface area (Å²) in [6, 6.07) is 2.13. The van der Waals surface area contributed by atoms with Crippen molar-refractivity contribution in [2.45, 2.75) is 26.3 Å². The summed E-state index contributed by atoms with van der Waals surface area (Å²) in [4.78, 5) is 0. The van der Waals surface area contributed by atoms with E-state index in [-0.39, 0.29) is 16.3 Å². The molecule has 0 aliphatic rings. The number of rotatable bonds is 1. The van der Waals surface area contributed by atoms with Gasteiger partial charge in [0.25, 0.3) is 0 Å². The number of benzene rings is 1. The Morgan fingerprint density at radius 3 is 2.41 bits per heavy atom. The van der Waals surface area contributed by atoms with E-state index in [9.17, 15) is 13.9 Å². The smallest absolute Gasteiger partial charge is 0.202 e. The Hall–Kier alpha value is -1.43. The second-order valence-electron chi connectivity index (χ2n) is 4.59. The van der Waals surface area contributed by atoms with E-state index in [0.29, 0.717) is 0 Å². The summed E-state index contributed by atoms with van der Waals surface area (Å²) in [5.74, 6) is -3.20. The molecule has 0 radical (unpaired) electrons. The Labute approximate surface area is 104 Å². The van der Waals surface area contributed by atoms with Gasteiger partial charge in [-0.2, -0.15) is 4.39 Å². The summed E-state index contributed by atoms with van der Waals surface area (Å²) in [6.45, 7) is 5.68. The van der Waals surface area contributed by atoms with Gasteiger partial charge >= 0.3 is 0 Å². The van der Waals surface area contributed by atoms with Crippen molar-refractivity contribution in [3.05, 3.63) is 23.8 Å². The van der Waals surface area contributed by atoms with Crippen LogP contribution in [0, 0.1) is 11.6 Å². The summed E-state index contributed by atoms with van der Waals surface area (Å²) in [5, 5.41) is 15.1. The molecule has 17 heavy (non-hydrogen) atoms. The van der Waals surface area contributed by atoms with E-state index in [1.54, 1.807) is 0 Å². The first-order valence-electron chi connectivity index (χ1n) is 4.97. The fraction of sp³-hybridized carbons (Fsp3) is 0.364. The molecule has 1 aromatic rings. The molecule has 0 heterocycles. The Bertz CT molecular complexity index is 444. The zero-order valence-corrected chi connectivity index (χ0v) is 10.6. The molecular formula is C11H14F2N2OS. The van der Waals surface area contributed by atoms with Crippen LogP contribution in [0.5, 0.6) is 5.75 Å². The quantitative estimate of drug-likeness (QED) is 0.536. The Balaban J connectivity index is 2.83. The van der Waals surface area contributed by atoms with Gasteiger partial charge < -0.3 is 15.7 Å². The van der Waals surface area contributed by atoms with Gasteiger partial charge in [-0.05, 0) is 45.1 Å². The summed E-state index contributed by atoms with van der Waals surface area (Å²) in [7, 11) is 0. The van der Waals surface area contributed by atoms with E-state index in [4.69, 9.17) is 12.2 Å². The molecule has 0 spiro atoms. The first-order valence-corrected chi connectivity index (χ1v) is 5.37. The maximum atomic E-state index is 13.1. The standard InChI is InChI=1S/C11H14F2N2OS/c1-11(2,3)15-10(17)14-7-5-4-6(12)8(13)9(7)16/h4-5,16H,1-3H3,(H2,14,15,17). The van der Waals surface area contributed by atoms with Crippen LogP contribution < -0.4 is 10.6 Å². The molecule has 0 saturated heterocycles. The number of anilines is 1. The molecule has 6 heteroatoms. The van der Waals surface area contributed by atoms with Gasteiger partial charge in [-0.15, -0.1) is 0 Å². The van der Waals surface area contributed by atoms with Gasteiger partial charge in [0.05, 0.1) is 5.69 Å². The average Bonchev–Trinajstić information content (AvgIpc) is 2.16. The molecule has 1 rings (SSSR count). The van der Waals surface area contributed by atoms with Crippen LogP contribution >= 0.6 is 12.2 Å². The maximum absolute atomic E-state index is 13.1. The Kier molecular flexibility index (Phi) is 3.87. The SMILES string of the molecule is CC(C)(C)NC(=S)Nc1ccc(F)c(F)c1O. The third kappa shape index (κ3) is 3.81. The lowest BCUT2D eigenvalue weighted by Crippen LogP contribution is -2.42. The normalized spacial score (nSPS) is 11.1. The molecule has 3 nitrogen and oxygen atoms in total. The second-order valence-corrected chi connectivity index (χ2v) is 4.99. The van der Waals surface area contributed by atoms with Crippen molar-refractivity contribution < 1.29 is 13.9 Å². The number of hydrogen-bond donors (Lipinski definition) is 3. The van der Waals surface area contributed by atoms with E-state index in [1.165, 1.54) is 6.07 Å². The zero-order valence-electron chi connectivity index (χ0n) is 9.77. The number of aromatic hydroxyl groups is 1. The fourth-order valence-electron chi connectivity index (χ4n) is 1.13. The largest absolute Gasteiger partial charge is 0.503 e. The van der Waals surface area contributed by atoms with Crippen LogP contribution in [-0.4, -0.2) is 15.8 Å². The van der Waals surface area contributed by atoms with Crippen LogP contribution in [0.3, 0.4) is 0 Å². The van der Waals surface area contributed by atoms with Crippen molar-refractivity contribution >= 4 is 23.0 Å². The molecule has 0 atom stereocenters. The van der Waals surface area contributed by atoms with Crippen LogP contribution in [0.2, 0.25) is 0 Å². The average molecular weight is 260 g/mol. The molecule has 3 N–H and O–H groups in total. The van der Waals surface area contributed by atoms with Crippen LogP contribution in [0.15, 0.2) is 12.1 Å². The maximum Gasteiger partial charge on any atom is 0.202 e. The van der Waals surface area contributed by atoms with Gasteiger partial charge in [0.15, 0.2) is 16.7 Å². The van der Waals surface area contributed by atoms with E-state index < -0.39 is 17.4 Å². The van der Waals surface area contributed by atoms with Crippen molar-refractivity contribution in [3.63, 3.8) is 0 Å². The lowest BCUT2D eigenvalue weighted by Gasteiger charge is -2.23. The number of phenols is 1. The van der Waals surface area contributed by atoms with Gasteiger partial charge in [-0.25, -0.2) is 4.39 Å². The van der Waals surface area contributed by atoms with Crippen molar-refractivity contribution in [2.75, 3.05) is 5.32 Å². The summed E-state index contributed by atoms with van der Waals surface area (Å²) in [6.07, 6.45) is 0. The molecule has 0 fully saturated rings. The Morgan fingerprint density at radius 2 is 1.88 bits per heavy atom. The first kappa shape index (κ1) is 13.6. The van der Waals surface area contributed by atoms with Crippen LogP contribution in [0.4, 0.5) is 14.5 Å². The minimum Gasteiger partial charge on any atom is -0.503 e. The molecule has 0 unspecified atom stereocenters. The molecule has 0 aromatic heterocycles. The van der Waals surface area contributed by atoms with Crippen molar-refractivity contribution in [1.29, 1.82) is 0 Å². The number of thiocarbonyl (C=S) groups is 1. The van der Waals surface area contributed by atoms with Gasteiger partial charge in [0.2, 0.25) is 5.82 Å². The minimum atomic E-state index is -1.30. The topological polar surface area (TPSA) is 44.3 Å². The molecule has 0 saturated carbocycles. The van der Waals surface area contributed by atoms with Gasteiger partial charge in [-0.3, -0.25) is 0 Å². The molecule has 0 aliphatic heterocycles. The second kappa shape index (κ2) is 4.83. The first-order chi connectivity index (χ1) is 7.70. The van der Waals surface area contributed by atoms with Crippen molar-refractivity contribution in [3.8, 4) is 5.75 Å². The predicted octanol–water partition coefficient (Wildman–Crippen LogP) is 2.76. The highest BCUT2D eigenvalue weighted by molar-refractivity contribution is 7.80. The van der Waals surface area contributed by atoms with Crippen LogP contribution in [0.1, 0.15) is 20.8 Å². The number of nitrogens with one attached hydrogen (secondary N) is 2. The van der Waals surface area contributed by atoms with Gasteiger partial charge in [-0.1, -0.05) is 0 Å². The van der Waals surface area contributed by atoms with E-state index in [2.05, 4.69) is 10.6 Å². The van der Waals surface area contributed by atoms with E-state index in [1.807, 2.05) is 20.8 Å². The highest BCUT2D eigenvalue weighted by Crippen LogP contribution is 2.28. The number of halogens is 2. The van der Waals surface area contributed by atoms with Gasteiger partial charge in [0.1, 0.15) is 0 Å². The molecular weight excluding hydrogens is 246 g/mol. The summed E-state index contributed by atoms with van der Waals surface area (Å²) >= 11 is 4.97. The number of phenolic OH excluding ortho intramolecular Hbond substituents is 1. The third-order valence-corrected chi connectivity index (χ3v) is 2.01. The summed E-state index contributed by atoms with van der Waals surface area (Å²) in [5.41, 5.74) is -0.246. The highest BCUT2D eigenvalue weighted by atomic mass is 32.1. The van der Waals surface area contributed by atoms with Crippen LogP contribution in [0.25, 0.3) is 0 Å². The molecule has 94 valence electrons. The minimum absolute atomic E-state index is 0.0191. The predicted molar refractivity (Wildman–Crippen MR) is 67.1 cm³/mol. The number of hydrogen-bond acceptors (Lipinski definition) is 2. The molecule has 1 aromatic carbocycles. The van der Waals surface area contributed by atoms with Crippen molar-refractivity contribution in [2.24, 2.45) is 0 Å².